The highest BCUT2D eigenvalue weighted by Gasteiger charge is 2.22. The minimum absolute atomic E-state index is 0.155. The Morgan fingerprint density at radius 3 is 2.48 bits per heavy atom. The monoisotopic (exact) mass is 315 g/mol. The SMILES string of the molecule is CC(=O)NC(Cc1cccc(F)c1)C(=O)Oc1ccc(C)cc1. The number of nitrogens with one attached hydrogen (secondary N) is 1. The zero-order valence-corrected chi connectivity index (χ0v) is 13.0. The fourth-order valence-corrected chi connectivity index (χ4v) is 2.13. The summed E-state index contributed by atoms with van der Waals surface area (Å²) in [7, 11) is 0. The van der Waals surface area contributed by atoms with E-state index < -0.39 is 17.8 Å². The second kappa shape index (κ2) is 7.54. The van der Waals surface area contributed by atoms with Gasteiger partial charge in [-0.2, -0.15) is 0 Å². The van der Waals surface area contributed by atoms with Crippen LogP contribution in [0.3, 0.4) is 0 Å². The van der Waals surface area contributed by atoms with Gasteiger partial charge in [0.1, 0.15) is 17.6 Å². The molecule has 1 amide bonds. The molecular weight excluding hydrogens is 297 g/mol. The third kappa shape index (κ3) is 5.21. The maximum absolute atomic E-state index is 13.3. The Kier molecular flexibility index (Phi) is 5.46. The van der Waals surface area contributed by atoms with Gasteiger partial charge in [0, 0.05) is 13.3 Å². The summed E-state index contributed by atoms with van der Waals surface area (Å²) >= 11 is 0. The van der Waals surface area contributed by atoms with Crippen molar-refractivity contribution in [1.82, 2.24) is 5.32 Å². The lowest BCUT2D eigenvalue weighted by Gasteiger charge is -2.17. The Hall–Kier alpha value is -2.69. The van der Waals surface area contributed by atoms with Gasteiger partial charge < -0.3 is 10.1 Å². The molecule has 0 spiro atoms. The van der Waals surface area contributed by atoms with E-state index in [2.05, 4.69) is 5.32 Å². The van der Waals surface area contributed by atoms with Gasteiger partial charge in [0.15, 0.2) is 0 Å². The van der Waals surface area contributed by atoms with Crippen LogP contribution < -0.4 is 10.1 Å². The lowest BCUT2D eigenvalue weighted by Crippen LogP contribution is -2.43. The molecule has 0 aliphatic heterocycles. The first-order valence-electron chi connectivity index (χ1n) is 7.24. The summed E-state index contributed by atoms with van der Waals surface area (Å²) in [4.78, 5) is 23.6. The molecule has 120 valence electrons. The molecule has 0 aliphatic rings. The van der Waals surface area contributed by atoms with Crippen LogP contribution in [-0.2, 0) is 16.0 Å². The highest BCUT2D eigenvalue weighted by atomic mass is 19.1. The van der Waals surface area contributed by atoms with Crippen LogP contribution in [0.5, 0.6) is 5.75 Å². The summed E-state index contributed by atoms with van der Waals surface area (Å²) in [5.74, 6) is -0.938. The molecule has 5 heteroatoms. The predicted octanol–water partition coefficient (Wildman–Crippen LogP) is 2.79. The zero-order valence-electron chi connectivity index (χ0n) is 13.0. The summed E-state index contributed by atoms with van der Waals surface area (Å²) in [6, 6.07) is 12.0. The van der Waals surface area contributed by atoms with Crippen molar-refractivity contribution in [1.29, 1.82) is 0 Å². The Morgan fingerprint density at radius 2 is 1.87 bits per heavy atom. The van der Waals surface area contributed by atoms with E-state index in [0.717, 1.165) is 5.56 Å². The van der Waals surface area contributed by atoms with Crippen LogP contribution in [0, 0.1) is 12.7 Å². The van der Waals surface area contributed by atoms with Gasteiger partial charge in [0.25, 0.3) is 0 Å². The van der Waals surface area contributed by atoms with Crippen molar-refractivity contribution in [2.45, 2.75) is 26.3 Å². The molecule has 1 unspecified atom stereocenters. The summed E-state index contributed by atoms with van der Waals surface area (Å²) in [5, 5.41) is 2.54. The van der Waals surface area contributed by atoms with E-state index in [1.165, 1.54) is 19.1 Å². The van der Waals surface area contributed by atoms with Crippen LogP contribution in [0.1, 0.15) is 18.1 Å². The second-order valence-electron chi connectivity index (χ2n) is 5.32. The topological polar surface area (TPSA) is 55.4 Å². The number of carbonyl (C=O) groups excluding carboxylic acids is 2. The third-order valence-corrected chi connectivity index (χ3v) is 3.23. The van der Waals surface area contributed by atoms with Crippen molar-refractivity contribution in [3.8, 4) is 5.75 Å². The first kappa shape index (κ1) is 16.7. The van der Waals surface area contributed by atoms with Crippen molar-refractivity contribution >= 4 is 11.9 Å². The number of amides is 1. The zero-order chi connectivity index (χ0) is 16.8. The van der Waals surface area contributed by atoms with E-state index in [4.69, 9.17) is 4.74 Å². The van der Waals surface area contributed by atoms with E-state index in [9.17, 15) is 14.0 Å². The first-order chi connectivity index (χ1) is 10.9. The molecule has 0 saturated carbocycles. The molecule has 0 aromatic heterocycles. The Labute approximate surface area is 134 Å². The number of aryl methyl sites for hydroxylation is 1. The number of hydrogen-bond donors (Lipinski definition) is 1. The van der Waals surface area contributed by atoms with Crippen LogP contribution >= 0.6 is 0 Å². The van der Waals surface area contributed by atoms with Crippen LogP contribution in [0.25, 0.3) is 0 Å². The van der Waals surface area contributed by atoms with Crippen molar-refractivity contribution in [2.24, 2.45) is 0 Å². The molecule has 1 N–H and O–H groups in total. The molecule has 0 radical (unpaired) electrons. The Morgan fingerprint density at radius 1 is 1.17 bits per heavy atom. The lowest BCUT2D eigenvalue weighted by atomic mass is 10.1. The lowest BCUT2D eigenvalue weighted by molar-refractivity contribution is -0.139. The largest absolute Gasteiger partial charge is 0.425 e. The third-order valence-electron chi connectivity index (χ3n) is 3.23. The Balaban J connectivity index is 2.11. The van der Waals surface area contributed by atoms with Crippen molar-refractivity contribution in [2.75, 3.05) is 0 Å². The predicted molar refractivity (Wildman–Crippen MR) is 84.5 cm³/mol. The fraction of sp³-hybridized carbons (Fsp3) is 0.222. The number of carbonyl (C=O) groups is 2. The minimum atomic E-state index is -0.879. The van der Waals surface area contributed by atoms with Gasteiger partial charge in [-0.1, -0.05) is 29.8 Å². The summed E-state index contributed by atoms with van der Waals surface area (Å²) in [6.45, 7) is 3.24. The second-order valence-corrected chi connectivity index (χ2v) is 5.32. The van der Waals surface area contributed by atoms with Gasteiger partial charge in [0.05, 0.1) is 0 Å². The van der Waals surface area contributed by atoms with Crippen LogP contribution in [-0.4, -0.2) is 17.9 Å². The smallest absolute Gasteiger partial charge is 0.334 e. The summed E-state index contributed by atoms with van der Waals surface area (Å²) in [6.07, 6.45) is 0.155. The molecule has 2 rings (SSSR count). The standard InChI is InChI=1S/C18H18FNO3/c1-12-6-8-16(9-7-12)23-18(22)17(20-13(2)21)11-14-4-3-5-15(19)10-14/h3-10,17H,11H2,1-2H3,(H,20,21). The van der Waals surface area contributed by atoms with Gasteiger partial charge in [-0.25, -0.2) is 9.18 Å². The van der Waals surface area contributed by atoms with E-state index in [1.807, 2.05) is 19.1 Å². The number of ether oxygens (including phenoxy) is 1. The number of hydrogen-bond acceptors (Lipinski definition) is 3. The molecule has 4 nitrogen and oxygen atoms in total. The number of rotatable bonds is 5. The highest BCUT2D eigenvalue weighted by Crippen LogP contribution is 2.14. The van der Waals surface area contributed by atoms with Crippen molar-refractivity contribution in [3.05, 3.63) is 65.5 Å². The van der Waals surface area contributed by atoms with Gasteiger partial charge in [-0.05, 0) is 36.8 Å². The molecule has 0 saturated heterocycles. The highest BCUT2D eigenvalue weighted by molar-refractivity contribution is 5.84. The van der Waals surface area contributed by atoms with Crippen LogP contribution in [0.2, 0.25) is 0 Å². The maximum Gasteiger partial charge on any atom is 0.334 e. The molecule has 0 fully saturated rings. The average molecular weight is 315 g/mol. The first-order valence-corrected chi connectivity index (χ1v) is 7.24. The van der Waals surface area contributed by atoms with E-state index >= 15 is 0 Å². The molecule has 2 aromatic rings. The molecular formula is C18H18FNO3. The van der Waals surface area contributed by atoms with Crippen LogP contribution in [0.4, 0.5) is 4.39 Å². The quantitative estimate of drug-likeness (QED) is 0.682. The molecule has 0 heterocycles. The molecule has 0 bridgehead atoms. The van der Waals surface area contributed by atoms with Gasteiger partial charge in [-0.3, -0.25) is 4.79 Å². The summed E-state index contributed by atoms with van der Waals surface area (Å²) < 4.78 is 18.5. The van der Waals surface area contributed by atoms with E-state index in [-0.39, 0.29) is 12.3 Å². The fourth-order valence-electron chi connectivity index (χ4n) is 2.13. The molecule has 0 aliphatic carbocycles. The molecule has 23 heavy (non-hydrogen) atoms. The van der Waals surface area contributed by atoms with Gasteiger partial charge in [-0.15, -0.1) is 0 Å². The van der Waals surface area contributed by atoms with Crippen LogP contribution in [0.15, 0.2) is 48.5 Å². The summed E-state index contributed by atoms with van der Waals surface area (Å²) in [5.41, 5.74) is 1.65. The minimum Gasteiger partial charge on any atom is -0.425 e. The average Bonchev–Trinajstić information content (AvgIpc) is 2.48. The number of benzene rings is 2. The van der Waals surface area contributed by atoms with E-state index in [0.29, 0.717) is 11.3 Å². The Bertz CT molecular complexity index is 698. The normalized spacial score (nSPS) is 11.6. The number of halogens is 1. The molecule has 1 atom stereocenters. The van der Waals surface area contributed by atoms with Gasteiger partial charge >= 0.3 is 5.97 Å². The van der Waals surface area contributed by atoms with Gasteiger partial charge in [0.2, 0.25) is 5.91 Å². The maximum atomic E-state index is 13.3. The van der Waals surface area contributed by atoms with E-state index in [1.54, 1.807) is 24.3 Å². The van der Waals surface area contributed by atoms with Crippen molar-refractivity contribution in [3.63, 3.8) is 0 Å². The van der Waals surface area contributed by atoms with Crippen molar-refractivity contribution < 1.29 is 18.7 Å². The molecule has 2 aromatic carbocycles. The number of esters is 1.